The van der Waals surface area contributed by atoms with Crippen LogP contribution in [0.15, 0.2) is 64.4 Å². The molecule has 0 radical (unpaired) electrons. The maximum absolute atomic E-state index is 9.78. The van der Waals surface area contributed by atoms with Crippen molar-refractivity contribution in [1.29, 1.82) is 5.26 Å². The molecule has 5 nitrogen and oxygen atoms in total. The second-order valence-corrected chi connectivity index (χ2v) is 8.79. The Morgan fingerprint density at radius 2 is 1.91 bits per heavy atom. The number of ether oxygens (including phenoxy) is 2. The van der Waals surface area contributed by atoms with E-state index in [1.807, 2.05) is 60.0 Å². The molecule has 0 saturated heterocycles. The van der Waals surface area contributed by atoms with Gasteiger partial charge in [-0.05, 0) is 66.6 Å². The molecule has 0 bridgehead atoms. The largest absolute Gasteiger partial charge is 0.493 e. The van der Waals surface area contributed by atoms with Crippen molar-refractivity contribution in [1.82, 2.24) is 4.98 Å². The fourth-order valence-electron chi connectivity index (χ4n) is 3.28. The number of aromatic nitrogens is 1. The van der Waals surface area contributed by atoms with Crippen LogP contribution >= 0.6 is 22.9 Å². The highest BCUT2D eigenvalue weighted by molar-refractivity contribution is 7.11. The highest BCUT2D eigenvalue weighted by atomic mass is 35.5. The number of hydrogen-bond donors (Lipinski definition) is 0. The minimum atomic E-state index is 0.461. The molecule has 34 heavy (non-hydrogen) atoms. The van der Waals surface area contributed by atoms with Crippen molar-refractivity contribution >= 4 is 34.6 Å². The third kappa shape index (κ3) is 5.51. The van der Waals surface area contributed by atoms with E-state index in [1.54, 1.807) is 13.2 Å². The lowest BCUT2D eigenvalue weighted by Crippen LogP contribution is -1.99. The Kier molecular flexibility index (Phi) is 7.69. The lowest BCUT2D eigenvalue weighted by molar-refractivity contribution is 0.288. The predicted octanol–water partition coefficient (Wildman–Crippen LogP) is 7.98. The number of halogens is 1. The van der Waals surface area contributed by atoms with Crippen LogP contribution in [-0.2, 0) is 0 Å². The maximum atomic E-state index is 9.78. The smallest absolute Gasteiger partial charge is 0.161 e. The number of rotatable bonds is 9. The Morgan fingerprint density at radius 3 is 2.65 bits per heavy atom. The standard InChI is InChI=1S/C27H23ClN2O3S/c1-3-4-13-32-25-10-5-18(15-26(25)31-2)14-20(16-29)27-30-22(17-34-27)24-12-11-23(33-24)19-6-8-21(28)9-7-19/h5-12,14-15,17H,3-4,13H2,1-2H3. The number of unbranched alkanes of at least 4 members (excludes halogenated alkanes) is 1. The fraction of sp³-hybridized carbons (Fsp3) is 0.185. The molecule has 4 rings (SSSR count). The molecule has 0 spiro atoms. The van der Waals surface area contributed by atoms with Crippen LogP contribution in [0.1, 0.15) is 30.3 Å². The summed E-state index contributed by atoms with van der Waals surface area (Å²) in [5.74, 6) is 2.69. The monoisotopic (exact) mass is 490 g/mol. The summed E-state index contributed by atoms with van der Waals surface area (Å²) in [7, 11) is 1.61. The molecule has 7 heteroatoms. The normalized spacial score (nSPS) is 11.3. The Hall–Kier alpha value is -3.53. The molecule has 0 amide bonds. The predicted molar refractivity (Wildman–Crippen MR) is 137 cm³/mol. The molecule has 0 N–H and O–H groups in total. The van der Waals surface area contributed by atoms with Crippen molar-refractivity contribution in [2.24, 2.45) is 0 Å². The zero-order valence-electron chi connectivity index (χ0n) is 18.9. The first-order valence-electron chi connectivity index (χ1n) is 10.9. The molecule has 4 aromatic rings. The molecule has 2 aromatic heterocycles. The summed E-state index contributed by atoms with van der Waals surface area (Å²) in [4.78, 5) is 4.64. The molecule has 2 heterocycles. The van der Waals surface area contributed by atoms with Gasteiger partial charge >= 0.3 is 0 Å². The van der Waals surface area contributed by atoms with Crippen molar-refractivity contribution in [3.05, 3.63) is 75.6 Å². The number of methoxy groups -OCH3 is 1. The molecular weight excluding hydrogens is 468 g/mol. The Bertz CT molecular complexity index is 1330. The van der Waals surface area contributed by atoms with Gasteiger partial charge in [-0.3, -0.25) is 0 Å². The SMILES string of the molecule is CCCCOc1ccc(C=C(C#N)c2nc(-c3ccc(-c4ccc(Cl)cc4)o3)cs2)cc1OC. The molecule has 0 saturated carbocycles. The van der Waals surface area contributed by atoms with Gasteiger partial charge in [0, 0.05) is 16.0 Å². The van der Waals surface area contributed by atoms with Crippen LogP contribution in [0.25, 0.3) is 34.4 Å². The number of furan rings is 1. The fourth-order valence-corrected chi connectivity index (χ4v) is 4.18. The lowest BCUT2D eigenvalue weighted by atomic mass is 10.1. The highest BCUT2D eigenvalue weighted by Gasteiger charge is 2.14. The van der Waals surface area contributed by atoms with Crippen LogP contribution in [0.2, 0.25) is 5.02 Å². The van der Waals surface area contributed by atoms with E-state index in [9.17, 15) is 5.26 Å². The molecule has 0 aliphatic rings. The second-order valence-electron chi connectivity index (χ2n) is 7.49. The number of nitriles is 1. The number of nitrogens with zero attached hydrogens (tertiary/aromatic N) is 2. The summed E-state index contributed by atoms with van der Waals surface area (Å²) in [6.45, 7) is 2.76. The zero-order valence-corrected chi connectivity index (χ0v) is 20.4. The number of hydrogen-bond acceptors (Lipinski definition) is 6. The van der Waals surface area contributed by atoms with Gasteiger partial charge in [0.05, 0.1) is 19.3 Å². The van der Waals surface area contributed by atoms with E-state index in [4.69, 9.17) is 25.5 Å². The van der Waals surface area contributed by atoms with Crippen molar-refractivity contribution in [2.45, 2.75) is 19.8 Å². The summed E-state index contributed by atoms with van der Waals surface area (Å²) in [5, 5.41) is 13.0. The number of allylic oxidation sites excluding steroid dienone is 1. The average molecular weight is 491 g/mol. The van der Waals surface area contributed by atoms with Gasteiger partial charge in [-0.1, -0.05) is 31.0 Å². The molecule has 0 aliphatic carbocycles. The molecule has 2 aromatic carbocycles. The third-order valence-corrected chi connectivity index (χ3v) is 6.22. The van der Waals surface area contributed by atoms with Gasteiger partial charge < -0.3 is 13.9 Å². The van der Waals surface area contributed by atoms with E-state index in [-0.39, 0.29) is 0 Å². The minimum Gasteiger partial charge on any atom is -0.493 e. The highest BCUT2D eigenvalue weighted by Crippen LogP contribution is 2.33. The topological polar surface area (TPSA) is 68.3 Å². The van der Waals surface area contributed by atoms with Crippen molar-refractivity contribution in [3.8, 4) is 40.3 Å². The molecule has 0 fully saturated rings. The Morgan fingerprint density at radius 1 is 1.12 bits per heavy atom. The van der Waals surface area contributed by atoms with Gasteiger partial charge in [0.1, 0.15) is 22.5 Å². The van der Waals surface area contributed by atoms with E-state index in [2.05, 4.69) is 18.0 Å². The van der Waals surface area contributed by atoms with Gasteiger partial charge in [-0.15, -0.1) is 11.3 Å². The van der Waals surface area contributed by atoms with Gasteiger partial charge in [0.25, 0.3) is 0 Å². The Labute approximate surface area is 207 Å². The van der Waals surface area contributed by atoms with E-state index in [0.717, 1.165) is 29.7 Å². The van der Waals surface area contributed by atoms with Crippen LogP contribution in [0, 0.1) is 11.3 Å². The summed E-state index contributed by atoms with van der Waals surface area (Å²) < 4.78 is 17.3. The van der Waals surface area contributed by atoms with Crippen LogP contribution in [0.4, 0.5) is 0 Å². The van der Waals surface area contributed by atoms with Crippen molar-refractivity contribution in [2.75, 3.05) is 13.7 Å². The van der Waals surface area contributed by atoms with E-state index in [0.29, 0.717) is 45.2 Å². The van der Waals surface area contributed by atoms with Gasteiger partial charge in [0.15, 0.2) is 17.3 Å². The molecule has 0 atom stereocenters. The molecule has 172 valence electrons. The first kappa shape index (κ1) is 23.6. The number of benzene rings is 2. The van der Waals surface area contributed by atoms with Crippen LogP contribution in [0.5, 0.6) is 11.5 Å². The zero-order chi connectivity index (χ0) is 23.9. The van der Waals surface area contributed by atoms with Crippen LogP contribution < -0.4 is 9.47 Å². The summed E-state index contributed by atoms with van der Waals surface area (Å²) in [6.07, 6.45) is 3.83. The minimum absolute atomic E-state index is 0.461. The number of thiazole rings is 1. The van der Waals surface area contributed by atoms with Gasteiger partial charge in [0.2, 0.25) is 0 Å². The lowest BCUT2D eigenvalue weighted by Gasteiger charge is -2.11. The van der Waals surface area contributed by atoms with Crippen LogP contribution in [0.3, 0.4) is 0 Å². The van der Waals surface area contributed by atoms with Crippen molar-refractivity contribution < 1.29 is 13.9 Å². The maximum Gasteiger partial charge on any atom is 0.161 e. The van der Waals surface area contributed by atoms with E-state index >= 15 is 0 Å². The van der Waals surface area contributed by atoms with Crippen molar-refractivity contribution in [3.63, 3.8) is 0 Å². The first-order valence-corrected chi connectivity index (χ1v) is 12.1. The molecular formula is C27H23ClN2O3S. The second kappa shape index (κ2) is 11.1. The van der Waals surface area contributed by atoms with Gasteiger partial charge in [-0.2, -0.15) is 5.26 Å². The summed E-state index contributed by atoms with van der Waals surface area (Å²) in [6, 6.07) is 19.1. The van der Waals surface area contributed by atoms with Crippen LogP contribution in [-0.4, -0.2) is 18.7 Å². The summed E-state index contributed by atoms with van der Waals surface area (Å²) in [5.41, 5.74) is 2.90. The Balaban J connectivity index is 1.55. The average Bonchev–Trinajstić information content (AvgIpc) is 3.54. The van der Waals surface area contributed by atoms with Gasteiger partial charge in [-0.25, -0.2) is 4.98 Å². The third-order valence-electron chi connectivity index (χ3n) is 5.10. The van der Waals surface area contributed by atoms with E-state index in [1.165, 1.54) is 11.3 Å². The van der Waals surface area contributed by atoms with E-state index < -0.39 is 0 Å². The molecule has 0 aliphatic heterocycles. The quantitative estimate of drug-likeness (QED) is 0.176. The first-order chi connectivity index (χ1) is 16.6. The summed E-state index contributed by atoms with van der Waals surface area (Å²) >= 11 is 7.37. The molecule has 0 unspecified atom stereocenters.